The number of anilines is 1. The Morgan fingerprint density at radius 3 is 2.54 bits per heavy atom. The second-order valence-electron chi connectivity index (χ2n) is 7.37. The molecule has 0 bridgehead atoms. The van der Waals surface area contributed by atoms with Crippen molar-refractivity contribution in [2.45, 2.75) is 53.5 Å². The van der Waals surface area contributed by atoms with Crippen molar-refractivity contribution in [1.82, 2.24) is 19.7 Å². The molecule has 3 rings (SSSR count). The molecule has 0 fully saturated rings. The number of hydrogen-bond donors (Lipinski definition) is 1. The maximum Gasteiger partial charge on any atom is 0.129 e. The number of aromatic nitrogens is 4. The van der Waals surface area contributed by atoms with Gasteiger partial charge in [-0.05, 0) is 51.3 Å². The number of hydrogen-bond acceptors (Lipinski definition) is 4. The van der Waals surface area contributed by atoms with Crippen molar-refractivity contribution >= 4 is 5.82 Å². The van der Waals surface area contributed by atoms with E-state index in [1.165, 1.54) is 17.3 Å². The summed E-state index contributed by atoms with van der Waals surface area (Å²) < 4.78 is 15.8. The van der Waals surface area contributed by atoms with E-state index in [9.17, 15) is 4.39 Å². The second kappa shape index (κ2) is 8.50. The zero-order valence-corrected chi connectivity index (χ0v) is 17.3. The molecule has 28 heavy (non-hydrogen) atoms. The van der Waals surface area contributed by atoms with Crippen LogP contribution in [-0.2, 0) is 13.0 Å². The number of halogens is 1. The van der Waals surface area contributed by atoms with Gasteiger partial charge in [0, 0.05) is 30.8 Å². The summed E-state index contributed by atoms with van der Waals surface area (Å²) >= 11 is 0. The zero-order chi connectivity index (χ0) is 20.3. The van der Waals surface area contributed by atoms with Gasteiger partial charge in [-0.2, -0.15) is 5.10 Å². The lowest BCUT2D eigenvalue weighted by molar-refractivity contribution is 0.519. The van der Waals surface area contributed by atoms with E-state index in [-0.39, 0.29) is 11.7 Å². The summed E-state index contributed by atoms with van der Waals surface area (Å²) in [4.78, 5) is 9.09. The van der Waals surface area contributed by atoms with Crippen LogP contribution in [0.4, 0.5) is 10.2 Å². The summed E-state index contributed by atoms with van der Waals surface area (Å²) in [6.07, 6.45) is 0.603. The Bertz CT molecular complexity index is 964. The van der Waals surface area contributed by atoms with Crippen LogP contribution in [0.2, 0.25) is 0 Å². The van der Waals surface area contributed by atoms with E-state index in [0.717, 1.165) is 29.6 Å². The van der Waals surface area contributed by atoms with Crippen molar-refractivity contribution in [2.24, 2.45) is 0 Å². The van der Waals surface area contributed by atoms with E-state index in [1.807, 2.05) is 32.0 Å². The Kier molecular flexibility index (Phi) is 6.07. The molecule has 1 atom stereocenters. The van der Waals surface area contributed by atoms with E-state index in [4.69, 9.17) is 0 Å². The van der Waals surface area contributed by atoms with Gasteiger partial charge in [0.15, 0.2) is 0 Å². The second-order valence-corrected chi connectivity index (χ2v) is 7.37. The van der Waals surface area contributed by atoms with Gasteiger partial charge < -0.3 is 5.32 Å². The minimum absolute atomic E-state index is 0.169. The quantitative estimate of drug-likeness (QED) is 0.654. The maximum atomic E-state index is 13.8. The number of nitrogens with one attached hydrogen (secondary N) is 1. The smallest absolute Gasteiger partial charge is 0.129 e. The summed E-state index contributed by atoms with van der Waals surface area (Å²) in [5, 5.41) is 7.94. The van der Waals surface area contributed by atoms with Gasteiger partial charge in [-0.1, -0.05) is 25.1 Å². The van der Waals surface area contributed by atoms with Crippen LogP contribution < -0.4 is 5.32 Å². The van der Waals surface area contributed by atoms with Gasteiger partial charge in [0.1, 0.15) is 17.5 Å². The third-order valence-electron chi connectivity index (χ3n) is 5.21. The van der Waals surface area contributed by atoms with E-state index in [2.05, 4.69) is 45.8 Å². The molecular weight excluding hydrogens is 353 g/mol. The maximum absolute atomic E-state index is 13.8. The van der Waals surface area contributed by atoms with Crippen LogP contribution in [0.5, 0.6) is 0 Å². The zero-order valence-electron chi connectivity index (χ0n) is 17.3. The number of nitrogens with zero attached hydrogens (tertiary/aromatic N) is 4. The fourth-order valence-electron chi connectivity index (χ4n) is 3.28. The van der Waals surface area contributed by atoms with E-state index in [1.54, 1.807) is 6.07 Å². The van der Waals surface area contributed by atoms with Crippen LogP contribution in [0, 0.1) is 33.5 Å². The van der Waals surface area contributed by atoms with E-state index < -0.39 is 0 Å². The predicted molar refractivity (Wildman–Crippen MR) is 110 cm³/mol. The molecule has 0 radical (unpaired) electrons. The first-order valence-electron chi connectivity index (χ1n) is 9.68. The highest BCUT2D eigenvalue weighted by Crippen LogP contribution is 2.21. The molecule has 0 saturated carbocycles. The highest BCUT2D eigenvalue weighted by Gasteiger charge is 2.14. The summed E-state index contributed by atoms with van der Waals surface area (Å²) in [6.45, 7) is 11.7. The van der Waals surface area contributed by atoms with Crippen molar-refractivity contribution in [2.75, 3.05) is 11.9 Å². The van der Waals surface area contributed by atoms with Gasteiger partial charge >= 0.3 is 0 Å². The summed E-state index contributed by atoms with van der Waals surface area (Å²) in [5.41, 5.74) is 5.18. The fourth-order valence-corrected chi connectivity index (χ4v) is 3.28. The molecule has 1 N–H and O–H groups in total. The van der Waals surface area contributed by atoms with Gasteiger partial charge in [0.2, 0.25) is 0 Å². The van der Waals surface area contributed by atoms with Crippen LogP contribution in [0.1, 0.15) is 46.9 Å². The molecule has 5 nitrogen and oxygen atoms in total. The topological polar surface area (TPSA) is 55.6 Å². The average Bonchev–Trinajstić information content (AvgIpc) is 2.89. The Morgan fingerprint density at radius 1 is 1.11 bits per heavy atom. The SMILES string of the molecule is Cc1nc(NCCc2ccccc2F)cc([C@H](C)Cn2nc(C)c(C)c2C)n1. The van der Waals surface area contributed by atoms with Crippen LogP contribution in [-0.4, -0.2) is 26.3 Å². The molecule has 2 aromatic heterocycles. The normalized spacial score (nSPS) is 12.2. The highest BCUT2D eigenvalue weighted by molar-refractivity contribution is 5.37. The molecule has 0 aliphatic rings. The fraction of sp³-hybridized carbons (Fsp3) is 0.409. The molecule has 1 aromatic carbocycles. The summed E-state index contributed by atoms with van der Waals surface area (Å²) in [5.74, 6) is 1.53. The molecule has 0 aliphatic heterocycles. The molecule has 2 heterocycles. The first-order valence-corrected chi connectivity index (χ1v) is 9.68. The standard InChI is InChI=1S/C22H28FN5/c1-14(13-28-17(4)15(2)16(3)27-28)21-12-22(26-18(5)25-21)24-11-10-19-8-6-7-9-20(19)23/h6-9,12,14H,10-11,13H2,1-5H3,(H,24,25,26)/t14-/m1/s1. The monoisotopic (exact) mass is 381 g/mol. The summed E-state index contributed by atoms with van der Waals surface area (Å²) in [6, 6.07) is 8.85. The molecule has 0 spiro atoms. The molecule has 0 saturated heterocycles. The molecule has 148 valence electrons. The van der Waals surface area contributed by atoms with Crippen molar-refractivity contribution < 1.29 is 4.39 Å². The van der Waals surface area contributed by atoms with Crippen molar-refractivity contribution in [1.29, 1.82) is 0 Å². The third kappa shape index (κ3) is 4.55. The van der Waals surface area contributed by atoms with Gasteiger partial charge in [0.05, 0.1) is 11.4 Å². The Labute approximate surface area is 166 Å². The lowest BCUT2D eigenvalue weighted by atomic mass is 10.1. The predicted octanol–water partition coefficient (Wildman–Crippen LogP) is 4.50. The van der Waals surface area contributed by atoms with Gasteiger partial charge in [-0.15, -0.1) is 0 Å². The number of aryl methyl sites for hydroxylation is 2. The Morgan fingerprint density at radius 2 is 1.86 bits per heavy atom. The van der Waals surface area contributed by atoms with Crippen molar-refractivity contribution in [3.63, 3.8) is 0 Å². The van der Waals surface area contributed by atoms with Gasteiger partial charge in [-0.25, -0.2) is 14.4 Å². The largest absolute Gasteiger partial charge is 0.370 e. The molecule has 0 unspecified atom stereocenters. The lowest BCUT2D eigenvalue weighted by Crippen LogP contribution is -2.13. The third-order valence-corrected chi connectivity index (χ3v) is 5.21. The lowest BCUT2D eigenvalue weighted by Gasteiger charge is -2.15. The first kappa shape index (κ1) is 20.0. The van der Waals surface area contributed by atoms with Gasteiger partial charge in [-0.3, -0.25) is 4.68 Å². The molecular formula is C22H28FN5. The number of rotatable bonds is 7. The Balaban J connectivity index is 1.68. The Hall–Kier alpha value is -2.76. The van der Waals surface area contributed by atoms with Crippen LogP contribution in [0.15, 0.2) is 30.3 Å². The highest BCUT2D eigenvalue weighted by atomic mass is 19.1. The summed E-state index contributed by atoms with van der Waals surface area (Å²) in [7, 11) is 0. The molecule has 6 heteroatoms. The van der Waals surface area contributed by atoms with Crippen molar-refractivity contribution in [3.8, 4) is 0 Å². The van der Waals surface area contributed by atoms with Crippen molar-refractivity contribution in [3.05, 3.63) is 70.2 Å². The average molecular weight is 381 g/mol. The minimum Gasteiger partial charge on any atom is -0.370 e. The van der Waals surface area contributed by atoms with E-state index >= 15 is 0 Å². The minimum atomic E-state index is -0.169. The first-order chi connectivity index (χ1) is 13.3. The van der Waals surface area contributed by atoms with Gasteiger partial charge in [0.25, 0.3) is 0 Å². The molecule has 0 aliphatic carbocycles. The number of benzene rings is 1. The molecule has 3 aromatic rings. The van der Waals surface area contributed by atoms with Crippen LogP contribution in [0.25, 0.3) is 0 Å². The van der Waals surface area contributed by atoms with E-state index in [0.29, 0.717) is 18.5 Å². The van der Waals surface area contributed by atoms with Crippen LogP contribution >= 0.6 is 0 Å². The van der Waals surface area contributed by atoms with Crippen LogP contribution in [0.3, 0.4) is 0 Å². The molecule has 0 amide bonds.